The number of carbonyl (C=O) groups excluding carboxylic acids is 3. The van der Waals surface area contributed by atoms with Gasteiger partial charge < -0.3 is 20.9 Å². The van der Waals surface area contributed by atoms with E-state index in [0.717, 1.165) is 11.1 Å². The van der Waals surface area contributed by atoms with Gasteiger partial charge in [0, 0.05) is 12.5 Å². The van der Waals surface area contributed by atoms with Crippen LogP contribution < -0.4 is 16.0 Å². The van der Waals surface area contributed by atoms with E-state index in [-0.39, 0.29) is 29.5 Å². The maximum atomic E-state index is 13.0. The van der Waals surface area contributed by atoms with Gasteiger partial charge in [-0.25, -0.2) is 4.98 Å². The van der Waals surface area contributed by atoms with Crippen LogP contribution in [-0.4, -0.2) is 46.3 Å². The van der Waals surface area contributed by atoms with Crippen LogP contribution in [0.1, 0.15) is 56.2 Å². The number of hydrogen-bond acceptors (Lipinski definition) is 5. The largest absolute Gasteiger partial charge is 0.356 e. The van der Waals surface area contributed by atoms with Gasteiger partial charge in [0.05, 0.1) is 17.1 Å². The number of nitriles is 1. The molecule has 2 heterocycles. The van der Waals surface area contributed by atoms with Gasteiger partial charge in [-0.05, 0) is 49.3 Å². The van der Waals surface area contributed by atoms with Gasteiger partial charge in [0.25, 0.3) is 5.91 Å². The van der Waals surface area contributed by atoms with Crippen molar-refractivity contribution in [3.63, 3.8) is 0 Å². The smallest absolute Gasteiger partial charge is 0.287 e. The third kappa shape index (κ3) is 5.84. The van der Waals surface area contributed by atoms with Crippen molar-refractivity contribution in [2.45, 2.75) is 59.0 Å². The summed E-state index contributed by atoms with van der Waals surface area (Å²) in [7, 11) is 0. The maximum Gasteiger partial charge on any atom is 0.287 e. The summed E-state index contributed by atoms with van der Waals surface area (Å²) in [6.45, 7) is 8.43. The van der Waals surface area contributed by atoms with Crippen molar-refractivity contribution in [1.82, 2.24) is 25.9 Å². The fourth-order valence-electron chi connectivity index (χ4n) is 3.85. The zero-order valence-corrected chi connectivity index (χ0v) is 18.9. The van der Waals surface area contributed by atoms with Crippen molar-refractivity contribution in [2.75, 3.05) is 6.54 Å². The van der Waals surface area contributed by atoms with Gasteiger partial charge in [-0.1, -0.05) is 26.8 Å². The summed E-state index contributed by atoms with van der Waals surface area (Å²) in [4.78, 5) is 45.0. The number of nitrogens with one attached hydrogen (secondary N) is 4. The van der Waals surface area contributed by atoms with E-state index >= 15 is 0 Å². The third-order valence-corrected chi connectivity index (χ3v) is 5.45. The number of H-pyrrole nitrogens is 1. The van der Waals surface area contributed by atoms with Gasteiger partial charge in [-0.3, -0.25) is 14.4 Å². The van der Waals surface area contributed by atoms with Crippen LogP contribution in [0.5, 0.6) is 0 Å². The Morgan fingerprint density at radius 1 is 1.31 bits per heavy atom. The summed E-state index contributed by atoms with van der Waals surface area (Å²) in [5.41, 5.74) is 2.19. The summed E-state index contributed by atoms with van der Waals surface area (Å²) in [6, 6.07) is 6.03. The highest BCUT2D eigenvalue weighted by molar-refractivity contribution is 5.97. The van der Waals surface area contributed by atoms with E-state index in [1.54, 1.807) is 0 Å². The fourth-order valence-corrected chi connectivity index (χ4v) is 3.85. The number of aryl methyl sites for hydroxylation is 1. The van der Waals surface area contributed by atoms with Gasteiger partial charge in [0.15, 0.2) is 5.82 Å². The molecule has 0 aliphatic carbocycles. The van der Waals surface area contributed by atoms with Gasteiger partial charge in [0.2, 0.25) is 11.8 Å². The molecule has 3 atom stereocenters. The Morgan fingerprint density at radius 3 is 2.69 bits per heavy atom. The molecule has 4 N–H and O–H groups in total. The number of hydrogen-bond donors (Lipinski definition) is 4. The molecule has 1 aliphatic rings. The lowest BCUT2D eigenvalue weighted by Crippen LogP contribution is -2.51. The minimum atomic E-state index is -0.856. The van der Waals surface area contributed by atoms with E-state index in [4.69, 9.17) is 0 Å². The van der Waals surface area contributed by atoms with Gasteiger partial charge >= 0.3 is 0 Å². The fraction of sp³-hybridized carbons (Fsp3) is 0.522. The van der Waals surface area contributed by atoms with Crippen LogP contribution in [0.2, 0.25) is 0 Å². The average Bonchev–Trinajstić information content (AvgIpc) is 3.31. The van der Waals surface area contributed by atoms with Crippen LogP contribution in [0, 0.1) is 29.6 Å². The average molecular weight is 439 g/mol. The maximum absolute atomic E-state index is 13.0. The van der Waals surface area contributed by atoms with E-state index in [1.807, 2.05) is 45.9 Å². The molecular formula is C23H30N6O3. The molecular weight excluding hydrogens is 408 g/mol. The Morgan fingerprint density at radius 2 is 2.06 bits per heavy atom. The Hall–Kier alpha value is -3.41. The van der Waals surface area contributed by atoms with Crippen molar-refractivity contribution < 1.29 is 14.4 Å². The lowest BCUT2D eigenvalue weighted by Gasteiger charge is -2.27. The van der Waals surface area contributed by atoms with Crippen LogP contribution in [0.15, 0.2) is 18.2 Å². The number of carbonyl (C=O) groups is 3. The second kappa shape index (κ2) is 9.39. The number of nitrogens with zero attached hydrogens (tertiary/aromatic N) is 2. The van der Waals surface area contributed by atoms with Gasteiger partial charge in [-0.15, -0.1) is 0 Å². The van der Waals surface area contributed by atoms with Crippen molar-refractivity contribution in [3.05, 3.63) is 29.6 Å². The molecule has 9 nitrogen and oxygen atoms in total. The number of benzene rings is 1. The first-order valence-electron chi connectivity index (χ1n) is 10.8. The highest BCUT2D eigenvalue weighted by Crippen LogP contribution is 2.22. The monoisotopic (exact) mass is 438 g/mol. The molecule has 32 heavy (non-hydrogen) atoms. The van der Waals surface area contributed by atoms with E-state index < -0.39 is 23.9 Å². The highest BCUT2D eigenvalue weighted by Gasteiger charge is 2.32. The SMILES string of the molecule is Cc1ccc2nc(C(=O)N[C@@H](CC(C)(C)C)C(=O)N[C@H](C#N)C[C@@H]3CCNC3=O)[nH]c2c1. The molecule has 9 heteroatoms. The zero-order valence-electron chi connectivity index (χ0n) is 18.9. The number of rotatable bonds is 7. The molecule has 1 fully saturated rings. The molecule has 1 aromatic heterocycles. The lowest BCUT2D eigenvalue weighted by atomic mass is 9.87. The second-order valence-corrected chi connectivity index (χ2v) is 9.60. The summed E-state index contributed by atoms with van der Waals surface area (Å²) in [5.74, 6) is -1.22. The normalized spacial score (nSPS) is 18.0. The minimum Gasteiger partial charge on any atom is -0.356 e. The highest BCUT2D eigenvalue weighted by atomic mass is 16.2. The number of aromatic nitrogens is 2. The molecule has 3 amide bonds. The molecule has 2 aromatic rings. The van der Waals surface area contributed by atoms with Crippen LogP contribution in [0.25, 0.3) is 11.0 Å². The number of fused-ring (bicyclic) bond motifs is 1. The molecule has 3 rings (SSSR count). The summed E-state index contributed by atoms with van der Waals surface area (Å²) >= 11 is 0. The second-order valence-electron chi connectivity index (χ2n) is 9.60. The number of amides is 3. The Kier molecular flexibility index (Phi) is 6.82. The van der Waals surface area contributed by atoms with E-state index in [0.29, 0.717) is 24.9 Å². The topological polar surface area (TPSA) is 140 Å². The lowest BCUT2D eigenvalue weighted by molar-refractivity contribution is -0.125. The summed E-state index contributed by atoms with van der Waals surface area (Å²) in [5, 5.41) is 17.7. The zero-order chi connectivity index (χ0) is 23.5. The van der Waals surface area contributed by atoms with Crippen LogP contribution in [0.4, 0.5) is 0 Å². The van der Waals surface area contributed by atoms with Crippen molar-refractivity contribution in [3.8, 4) is 6.07 Å². The molecule has 1 saturated heterocycles. The van der Waals surface area contributed by atoms with E-state index in [1.165, 1.54) is 0 Å². The van der Waals surface area contributed by atoms with Crippen molar-refractivity contribution >= 4 is 28.8 Å². The standard InChI is InChI=1S/C23H30N6O3/c1-13-5-6-16-17(9-13)28-19(27-16)22(32)29-18(11-23(2,3)4)21(31)26-15(12-24)10-14-7-8-25-20(14)30/h5-6,9,14-15,18H,7-8,10-11H2,1-4H3,(H,25,30)(H,26,31)(H,27,28)(H,29,32)/t14-,15-,18-/m0/s1. The summed E-state index contributed by atoms with van der Waals surface area (Å²) in [6.07, 6.45) is 1.25. The Balaban J connectivity index is 1.72. The molecule has 0 radical (unpaired) electrons. The van der Waals surface area contributed by atoms with Crippen LogP contribution >= 0.6 is 0 Å². The molecule has 170 valence electrons. The van der Waals surface area contributed by atoms with Gasteiger partial charge in [0.1, 0.15) is 12.1 Å². The third-order valence-electron chi connectivity index (χ3n) is 5.45. The molecule has 0 unspecified atom stereocenters. The predicted molar refractivity (Wildman–Crippen MR) is 119 cm³/mol. The Labute approximate surface area is 187 Å². The quantitative estimate of drug-likeness (QED) is 0.523. The number of aromatic amines is 1. The first kappa shape index (κ1) is 23.3. The van der Waals surface area contributed by atoms with E-state index in [9.17, 15) is 19.6 Å². The van der Waals surface area contributed by atoms with Gasteiger partial charge in [-0.2, -0.15) is 5.26 Å². The van der Waals surface area contributed by atoms with Crippen LogP contribution in [0.3, 0.4) is 0 Å². The molecule has 0 saturated carbocycles. The van der Waals surface area contributed by atoms with Crippen molar-refractivity contribution in [2.24, 2.45) is 11.3 Å². The number of imidazole rings is 1. The van der Waals surface area contributed by atoms with Crippen molar-refractivity contribution in [1.29, 1.82) is 5.26 Å². The molecule has 1 aliphatic heterocycles. The predicted octanol–water partition coefficient (Wildman–Crippen LogP) is 1.94. The molecule has 0 bridgehead atoms. The molecule has 1 aromatic carbocycles. The minimum absolute atomic E-state index is 0.0980. The molecule has 0 spiro atoms. The first-order valence-corrected chi connectivity index (χ1v) is 10.8. The van der Waals surface area contributed by atoms with E-state index in [2.05, 4.69) is 32.0 Å². The van der Waals surface area contributed by atoms with Crippen LogP contribution in [-0.2, 0) is 9.59 Å². The summed E-state index contributed by atoms with van der Waals surface area (Å²) < 4.78 is 0. The first-order chi connectivity index (χ1) is 15.1. The Bertz CT molecular complexity index is 1060.